The second-order valence-corrected chi connectivity index (χ2v) is 6.95. The molecule has 0 bridgehead atoms. The maximum atomic E-state index is 13.2. The summed E-state index contributed by atoms with van der Waals surface area (Å²) in [5.41, 5.74) is -2.08. The van der Waals surface area contributed by atoms with Crippen molar-refractivity contribution in [2.24, 2.45) is 0 Å². The third-order valence-electron chi connectivity index (χ3n) is 4.02. The third kappa shape index (κ3) is 4.57. The van der Waals surface area contributed by atoms with Gasteiger partial charge in [0, 0.05) is 11.3 Å². The van der Waals surface area contributed by atoms with Gasteiger partial charge in [-0.15, -0.1) is 0 Å². The Labute approximate surface area is 159 Å². The predicted molar refractivity (Wildman–Crippen MR) is 89.9 cm³/mol. The summed E-state index contributed by atoms with van der Waals surface area (Å²) in [5, 5.41) is 1.90. The lowest BCUT2D eigenvalue weighted by Crippen LogP contribution is -2.19. The summed E-state index contributed by atoms with van der Waals surface area (Å²) in [5.74, 6) is -1.23. The molecule has 1 amide bonds. The Morgan fingerprint density at radius 2 is 1.75 bits per heavy atom. The predicted octanol–water partition coefficient (Wildman–Crippen LogP) is 4.73. The van der Waals surface area contributed by atoms with E-state index in [2.05, 4.69) is 15.3 Å². The van der Waals surface area contributed by atoms with Gasteiger partial charge in [0.15, 0.2) is 10.9 Å². The molecule has 2 aromatic rings. The number of aryl methyl sites for hydroxylation is 1. The van der Waals surface area contributed by atoms with Crippen LogP contribution in [0.1, 0.15) is 28.9 Å². The molecule has 0 unspecified atom stereocenters. The maximum absolute atomic E-state index is 13.2. The zero-order valence-corrected chi connectivity index (χ0v) is 14.9. The molecule has 1 N–H and O–H groups in total. The van der Waals surface area contributed by atoms with E-state index in [0.717, 1.165) is 12.1 Å². The van der Waals surface area contributed by atoms with Gasteiger partial charge in [-0.05, 0) is 31.4 Å². The summed E-state index contributed by atoms with van der Waals surface area (Å²) in [6.07, 6.45) is -8.12. The number of hydrogen-bond acceptors (Lipinski definition) is 4. The zero-order valence-electron chi connectivity index (χ0n) is 14.1. The summed E-state index contributed by atoms with van der Waals surface area (Å²) in [6, 6.07) is 4.43. The Morgan fingerprint density at radius 3 is 2.43 bits per heavy atom. The van der Waals surface area contributed by atoms with Crippen LogP contribution in [0, 0.1) is 0 Å². The summed E-state index contributed by atoms with van der Waals surface area (Å²) < 4.78 is 78.4. The molecule has 0 atom stereocenters. The number of thioether (sulfide) groups is 1. The van der Waals surface area contributed by atoms with Crippen LogP contribution in [-0.4, -0.2) is 21.6 Å². The third-order valence-corrected chi connectivity index (χ3v) is 4.87. The van der Waals surface area contributed by atoms with Gasteiger partial charge in [-0.1, -0.05) is 23.9 Å². The molecule has 150 valence electrons. The van der Waals surface area contributed by atoms with E-state index in [1.807, 2.05) is 0 Å². The van der Waals surface area contributed by atoms with Gasteiger partial charge < -0.3 is 5.32 Å². The van der Waals surface area contributed by atoms with E-state index < -0.39 is 41.0 Å². The molecule has 1 aromatic heterocycles. The van der Waals surface area contributed by atoms with E-state index in [1.165, 1.54) is 12.1 Å². The maximum Gasteiger partial charge on any atom is 0.433 e. The second-order valence-electron chi connectivity index (χ2n) is 6.01. The van der Waals surface area contributed by atoms with Gasteiger partial charge in [-0.3, -0.25) is 4.79 Å². The average Bonchev–Trinajstić information content (AvgIpc) is 3.06. The van der Waals surface area contributed by atoms with E-state index >= 15 is 0 Å². The molecule has 0 saturated carbocycles. The lowest BCUT2D eigenvalue weighted by atomic mass is 10.1. The highest BCUT2D eigenvalue weighted by atomic mass is 32.2. The SMILES string of the molecule is O=C(CSc1nc2c(c(C(F)(F)F)n1)CCC2)Nc1ccccc1C(F)(F)F. The standard InChI is InChI=1S/C17H13F6N3OS/c18-16(19,20)10-5-1-2-6-12(10)24-13(27)8-28-15-25-11-7-3-4-9(11)14(26-15)17(21,22)23/h1-2,5-6H,3-4,7-8H2,(H,24,27). The molecule has 1 aromatic carbocycles. The van der Waals surface area contributed by atoms with Crippen molar-refractivity contribution in [1.29, 1.82) is 0 Å². The molecule has 0 fully saturated rings. The molecule has 1 aliphatic rings. The highest BCUT2D eigenvalue weighted by molar-refractivity contribution is 7.99. The van der Waals surface area contributed by atoms with Gasteiger partial charge in [-0.2, -0.15) is 26.3 Å². The van der Waals surface area contributed by atoms with Gasteiger partial charge in [-0.25, -0.2) is 9.97 Å². The van der Waals surface area contributed by atoms with Crippen LogP contribution in [0.5, 0.6) is 0 Å². The molecule has 11 heteroatoms. The molecule has 0 saturated heterocycles. The number of aromatic nitrogens is 2. The van der Waals surface area contributed by atoms with Crippen LogP contribution in [0.15, 0.2) is 29.4 Å². The van der Waals surface area contributed by atoms with Crippen molar-refractivity contribution in [2.45, 2.75) is 36.8 Å². The quantitative estimate of drug-likeness (QED) is 0.441. The van der Waals surface area contributed by atoms with Gasteiger partial charge >= 0.3 is 12.4 Å². The minimum absolute atomic E-state index is 0.0698. The number of carbonyl (C=O) groups is 1. The van der Waals surface area contributed by atoms with Crippen LogP contribution in [0.3, 0.4) is 0 Å². The highest BCUT2D eigenvalue weighted by Crippen LogP contribution is 2.37. The topological polar surface area (TPSA) is 54.9 Å². The van der Waals surface area contributed by atoms with Gasteiger partial charge in [0.1, 0.15) is 0 Å². The average molecular weight is 421 g/mol. The number of fused-ring (bicyclic) bond motifs is 1. The lowest BCUT2D eigenvalue weighted by Gasteiger charge is -2.14. The van der Waals surface area contributed by atoms with Crippen molar-refractivity contribution in [3.63, 3.8) is 0 Å². The Hall–Kier alpha value is -2.30. The van der Waals surface area contributed by atoms with Gasteiger partial charge in [0.05, 0.1) is 17.0 Å². The van der Waals surface area contributed by atoms with E-state index in [0.29, 0.717) is 30.3 Å². The van der Waals surface area contributed by atoms with Crippen molar-refractivity contribution < 1.29 is 31.1 Å². The number of nitrogens with one attached hydrogen (secondary N) is 1. The number of amides is 1. The van der Waals surface area contributed by atoms with Crippen LogP contribution in [0.25, 0.3) is 0 Å². The van der Waals surface area contributed by atoms with E-state index in [4.69, 9.17) is 0 Å². The van der Waals surface area contributed by atoms with E-state index in [9.17, 15) is 31.1 Å². The molecular formula is C17H13F6N3OS. The first-order chi connectivity index (χ1) is 13.1. The summed E-state index contributed by atoms with van der Waals surface area (Å²) in [6.45, 7) is 0. The summed E-state index contributed by atoms with van der Waals surface area (Å²) in [4.78, 5) is 19.6. The summed E-state index contributed by atoms with van der Waals surface area (Å²) in [7, 11) is 0. The fraction of sp³-hybridized carbons (Fsp3) is 0.353. The van der Waals surface area contributed by atoms with E-state index in [1.54, 1.807) is 0 Å². The van der Waals surface area contributed by atoms with Crippen molar-refractivity contribution in [1.82, 2.24) is 9.97 Å². The number of carbonyl (C=O) groups excluding carboxylic acids is 1. The molecular weight excluding hydrogens is 408 g/mol. The Bertz CT molecular complexity index is 897. The number of para-hydroxylation sites is 1. The first kappa shape index (κ1) is 20.4. The fourth-order valence-corrected chi connectivity index (χ4v) is 3.53. The highest BCUT2D eigenvalue weighted by Gasteiger charge is 2.38. The van der Waals surface area contributed by atoms with Crippen LogP contribution in [0.4, 0.5) is 32.0 Å². The largest absolute Gasteiger partial charge is 0.433 e. The second kappa shape index (κ2) is 7.61. The smallest absolute Gasteiger partial charge is 0.325 e. The van der Waals surface area contributed by atoms with Crippen LogP contribution in [0.2, 0.25) is 0 Å². The molecule has 4 nitrogen and oxygen atoms in total. The zero-order chi connectivity index (χ0) is 20.5. The molecule has 28 heavy (non-hydrogen) atoms. The minimum Gasteiger partial charge on any atom is -0.325 e. The Kier molecular flexibility index (Phi) is 5.55. The molecule has 3 rings (SSSR count). The van der Waals surface area contributed by atoms with E-state index in [-0.39, 0.29) is 17.1 Å². The Balaban J connectivity index is 1.73. The summed E-state index contributed by atoms with van der Waals surface area (Å²) >= 11 is 0.642. The molecule has 0 aliphatic heterocycles. The monoisotopic (exact) mass is 421 g/mol. The van der Waals surface area contributed by atoms with Crippen molar-refractivity contribution in [2.75, 3.05) is 11.1 Å². The first-order valence-electron chi connectivity index (χ1n) is 8.11. The van der Waals surface area contributed by atoms with Crippen LogP contribution < -0.4 is 5.32 Å². The molecule has 0 radical (unpaired) electrons. The fourth-order valence-electron chi connectivity index (χ4n) is 2.86. The number of nitrogens with zero attached hydrogens (tertiary/aromatic N) is 2. The minimum atomic E-state index is -4.65. The van der Waals surface area contributed by atoms with Gasteiger partial charge in [0.25, 0.3) is 0 Å². The number of benzene rings is 1. The van der Waals surface area contributed by atoms with Crippen molar-refractivity contribution in [3.8, 4) is 0 Å². The first-order valence-corrected chi connectivity index (χ1v) is 9.10. The molecule has 0 spiro atoms. The number of halogens is 6. The number of anilines is 1. The number of rotatable bonds is 4. The van der Waals surface area contributed by atoms with Crippen LogP contribution in [-0.2, 0) is 30.0 Å². The number of hydrogen-bond donors (Lipinski definition) is 1. The molecule has 1 heterocycles. The Morgan fingerprint density at radius 1 is 1.04 bits per heavy atom. The number of alkyl halides is 6. The van der Waals surface area contributed by atoms with Crippen molar-refractivity contribution in [3.05, 3.63) is 46.8 Å². The van der Waals surface area contributed by atoms with Gasteiger partial charge in [0.2, 0.25) is 5.91 Å². The lowest BCUT2D eigenvalue weighted by molar-refractivity contribution is -0.142. The molecule has 1 aliphatic carbocycles. The normalized spacial score (nSPS) is 14.1. The van der Waals surface area contributed by atoms with Crippen LogP contribution >= 0.6 is 11.8 Å². The van der Waals surface area contributed by atoms with Crippen molar-refractivity contribution >= 4 is 23.4 Å².